The van der Waals surface area contributed by atoms with Crippen molar-refractivity contribution in [3.8, 4) is 0 Å². The molecule has 1 aliphatic heterocycles. The predicted octanol–water partition coefficient (Wildman–Crippen LogP) is 2.94. The zero-order chi connectivity index (χ0) is 24.8. The lowest BCUT2D eigenvalue weighted by atomic mass is 10.1. The summed E-state index contributed by atoms with van der Waals surface area (Å²) in [5.41, 5.74) is -0.362. The number of hydrogen-bond acceptors (Lipinski definition) is 10. The lowest BCUT2D eigenvalue weighted by Crippen LogP contribution is -2.36. The van der Waals surface area contributed by atoms with E-state index < -0.39 is 22.8 Å². The quantitative estimate of drug-likeness (QED) is 0.343. The molecule has 0 radical (unpaired) electrons. The minimum Gasteiger partial charge on any atom is -0.462 e. The largest absolute Gasteiger partial charge is 0.462 e. The van der Waals surface area contributed by atoms with E-state index in [-0.39, 0.29) is 47.2 Å². The standard InChI is InChI=1S/C22H25N3O9/c1-4-32-21(27)17-13(3)34-20(18(17)22(28)33-5-2)23-19(26)14-6-7-15(16(12-14)25(29)30)24-8-10-31-11-9-24/h6-7,12H,4-5,8-11H2,1-3H3,(H,23,26). The number of amides is 1. The van der Waals surface area contributed by atoms with Gasteiger partial charge in [-0.25, -0.2) is 9.59 Å². The van der Waals surface area contributed by atoms with Crippen LogP contribution in [0.25, 0.3) is 0 Å². The summed E-state index contributed by atoms with van der Waals surface area (Å²) in [6.07, 6.45) is 0. The maximum atomic E-state index is 12.9. The van der Waals surface area contributed by atoms with Crippen LogP contribution in [0.1, 0.15) is 50.7 Å². The number of nitrogens with zero attached hydrogens (tertiary/aromatic N) is 2. The molecule has 1 amide bonds. The molecule has 2 aromatic rings. The van der Waals surface area contributed by atoms with Gasteiger partial charge in [0.05, 0.1) is 31.4 Å². The second kappa shape index (κ2) is 10.8. The summed E-state index contributed by atoms with van der Waals surface area (Å²) in [6, 6.07) is 4.06. The van der Waals surface area contributed by atoms with Crippen LogP contribution < -0.4 is 10.2 Å². The van der Waals surface area contributed by atoms with Crippen molar-refractivity contribution < 1.29 is 37.9 Å². The summed E-state index contributed by atoms with van der Waals surface area (Å²) in [4.78, 5) is 50.8. The van der Waals surface area contributed by atoms with E-state index in [1.807, 2.05) is 4.90 Å². The van der Waals surface area contributed by atoms with Gasteiger partial charge in [-0.05, 0) is 32.9 Å². The average Bonchev–Trinajstić information content (AvgIpc) is 3.15. The van der Waals surface area contributed by atoms with E-state index >= 15 is 0 Å². The van der Waals surface area contributed by atoms with Crippen molar-refractivity contribution in [1.82, 2.24) is 0 Å². The molecule has 0 atom stereocenters. The summed E-state index contributed by atoms with van der Waals surface area (Å²) in [7, 11) is 0. The van der Waals surface area contributed by atoms with Gasteiger partial charge in [0, 0.05) is 24.7 Å². The normalized spacial score (nSPS) is 13.3. The second-order valence-electron chi connectivity index (χ2n) is 7.19. The van der Waals surface area contributed by atoms with E-state index in [4.69, 9.17) is 18.6 Å². The highest BCUT2D eigenvalue weighted by Crippen LogP contribution is 2.32. The Morgan fingerprint density at radius 1 is 1.09 bits per heavy atom. The molecule has 0 spiro atoms. The van der Waals surface area contributed by atoms with Crippen LogP contribution in [0.3, 0.4) is 0 Å². The van der Waals surface area contributed by atoms with Crippen molar-refractivity contribution in [1.29, 1.82) is 0 Å². The number of esters is 2. The molecule has 1 aromatic heterocycles. The maximum Gasteiger partial charge on any atom is 0.344 e. The molecule has 0 unspecified atom stereocenters. The van der Waals surface area contributed by atoms with Crippen LogP contribution in [0.5, 0.6) is 0 Å². The molecule has 1 fully saturated rings. The Bertz CT molecular complexity index is 1100. The lowest BCUT2D eigenvalue weighted by Gasteiger charge is -2.28. The van der Waals surface area contributed by atoms with E-state index in [1.165, 1.54) is 19.1 Å². The Labute approximate surface area is 194 Å². The number of nitro groups is 1. The molecular formula is C22H25N3O9. The minimum absolute atomic E-state index is 0.0217. The molecule has 2 heterocycles. The number of nitro benzene ring substituents is 1. The molecule has 182 valence electrons. The van der Waals surface area contributed by atoms with E-state index in [0.29, 0.717) is 32.0 Å². The molecule has 1 aliphatic rings. The minimum atomic E-state index is -0.883. The van der Waals surface area contributed by atoms with E-state index in [9.17, 15) is 24.5 Å². The number of nitrogens with one attached hydrogen (secondary N) is 1. The first kappa shape index (κ1) is 24.7. The van der Waals surface area contributed by atoms with Gasteiger partial charge in [-0.15, -0.1) is 0 Å². The van der Waals surface area contributed by atoms with Gasteiger partial charge in [0.15, 0.2) is 0 Å². The summed E-state index contributed by atoms with van der Waals surface area (Å²) < 4.78 is 20.8. The summed E-state index contributed by atoms with van der Waals surface area (Å²) in [5, 5.41) is 14.1. The lowest BCUT2D eigenvalue weighted by molar-refractivity contribution is -0.384. The zero-order valence-electron chi connectivity index (χ0n) is 19.0. The molecule has 1 N–H and O–H groups in total. The molecule has 34 heavy (non-hydrogen) atoms. The van der Waals surface area contributed by atoms with Crippen molar-refractivity contribution in [3.05, 3.63) is 50.8 Å². The number of anilines is 2. The molecule has 0 aliphatic carbocycles. The van der Waals surface area contributed by atoms with Crippen LogP contribution in [0, 0.1) is 17.0 Å². The second-order valence-corrected chi connectivity index (χ2v) is 7.19. The maximum absolute atomic E-state index is 12.9. The zero-order valence-corrected chi connectivity index (χ0v) is 19.0. The van der Waals surface area contributed by atoms with Crippen molar-refractivity contribution in [3.63, 3.8) is 0 Å². The SMILES string of the molecule is CCOC(=O)c1c(C)oc(NC(=O)c2ccc(N3CCOCC3)c([N+](=O)[O-])c2)c1C(=O)OCC. The van der Waals surface area contributed by atoms with E-state index in [1.54, 1.807) is 13.8 Å². The van der Waals surface area contributed by atoms with Crippen LogP contribution in [0.2, 0.25) is 0 Å². The number of morpholine rings is 1. The van der Waals surface area contributed by atoms with Crippen LogP contribution in [-0.4, -0.2) is 62.3 Å². The summed E-state index contributed by atoms with van der Waals surface area (Å²) in [5.74, 6) is -2.73. The van der Waals surface area contributed by atoms with Crippen LogP contribution in [0.4, 0.5) is 17.3 Å². The van der Waals surface area contributed by atoms with Crippen LogP contribution in [0.15, 0.2) is 22.6 Å². The van der Waals surface area contributed by atoms with Gasteiger partial charge in [0.25, 0.3) is 11.6 Å². The van der Waals surface area contributed by atoms with E-state index in [0.717, 1.165) is 6.07 Å². The highest BCUT2D eigenvalue weighted by atomic mass is 16.6. The fourth-order valence-corrected chi connectivity index (χ4v) is 3.54. The van der Waals surface area contributed by atoms with Crippen LogP contribution >= 0.6 is 0 Å². The first-order valence-electron chi connectivity index (χ1n) is 10.7. The van der Waals surface area contributed by atoms with Gasteiger partial charge in [0.1, 0.15) is 22.6 Å². The Balaban J connectivity index is 1.95. The van der Waals surface area contributed by atoms with Gasteiger partial charge in [-0.3, -0.25) is 20.2 Å². The van der Waals surface area contributed by atoms with Crippen molar-refractivity contribution >= 4 is 35.1 Å². The first-order valence-corrected chi connectivity index (χ1v) is 10.7. The van der Waals surface area contributed by atoms with Gasteiger partial charge in [-0.1, -0.05) is 0 Å². The topological polar surface area (TPSA) is 150 Å². The number of aryl methyl sites for hydroxylation is 1. The van der Waals surface area contributed by atoms with Crippen LogP contribution in [-0.2, 0) is 14.2 Å². The highest BCUT2D eigenvalue weighted by molar-refractivity contribution is 6.12. The number of carbonyl (C=O) groups is 3. The number of benzene rings is 1. The Kier molecular flexibility index (Phi) is 7.84. The average molecular weight is 475 g/mol. The van der Waals surface area contributed by atoms with Crippen molar-refractivity contribution in [2.45, 2.75) is 20.8 Å². The monoisotopic (exact) mass is 475 g/mol. The third kappa shape index (κ3) is 5.17. The third-order valence-electron chi connectivity index (χ3n) is 5.06. The number of carbonyl (C=O) groups excluding carboxylic acids is 3. The molecule has 1 saturated heterocycles. The first-order chi connectivity index (χ1) is 16.3. The Morgan fingerprint density at radius 2 is 1.71 bits per heavy atom. The molecule has 3 rings (SSSR count). The fourth-order valence-electron chi connectivity index (χ4n) is 3.54. The predicted molar refractivity (Wildman–Crippen MR) is 119 cm³/mol. The number of ether oxygens (including phenoxy) is 3. The molecule has 12 nitrogen and oxygen atoms in total. The number of furan rings is 1. The molecule has 1 aromatic carbocycles. The fraction of sp³-hybridized carbons (Fsp3) is 0.409. The Hall–Kier alpha value is -3.93. The Morgan fingerprint density at radius 3 is 2.29 bits per heavy atom. The van der Waals surface area contributed by atoms with Gasteiger partial charge in [0.2, 0.25) is 5.88 Å². The number of rotatable bonds is 8. The van der Waals surface area contributed by atoms with Crippen molar-refractivity contribution in [2.75, 3.05) is 49.7 Å². The smallest absolute Gasteiger partial charge is 0.344 e. The molecule has 0 bridgehead atoms. The van der Waals surface area contributed by atoms with Gasteiger partial charge in [-0.2, -0.15) is 0 Å². The van der Waals surface area contributed by atoms with Gasteiger partial charge < -0.3 is 23.5 Å². The molecule has 0 saturated carbocycles. The third-order valence-corrected chi connectivity index (χ3v) is 5.06. The summed E-state index contributed by atoms with van der Waals surface area (Å²) in [6.45, 7) is 6.56. The highest BCUT2D eigenvalue weighted by Gasteiger charge is 2.32. The van der Waals surface area contributed by atoms with E-state index in [2.05, 4.69) is 5.32 Å². The van der Waals surface area contributed by atoms with Gasteiger partial charge >= 0.3 is 11.9 Å². The molecule has 12 heteroatoms. The number of hydrogen-bond donors (Lipinski definition) is 1. The molecular weight excluding hydrogens is 450 g/mol. The van der Waals surface area contributed by atoms with Crippen molar-refractivity contribution in [2.24, 2.45) is 0 Å². The summed E-state index contributed by atoms with van der Waals surface area (Å²) >= 11 is 0.